The van der Waals surface area contributed by atoms with Crippen molar-refractivity contribution in [1.29, 1.82) is 0 Å². The van der Waals surface area contributed by atoms with Gasteiger partial charge in [0.2, 0.25) is 0 Å². The standard InChI is InChI=1S/C16H18BrN3/c1-18-9-14-8-12-4-2-3-5-13(12)11-20(14)16-6-7-19-10-15(16)17/h2-7,10,14,18H,8-9,11H2,1H3. The summed E-state index contributed by atoms with van der Waals surface area (Å²) in [7, 11) is 2.01. The van der Waals surface area contributed by atoms with E-state index in [1.54, 1.807) is 0 Å². The van der Waals surface area contributed by atoms with Crippen LogP contribution >= 0.6 is 15.9 Å². The molecule has 0 fully saturated rings. The molecule has 0 aliphatic carbocycles. The molecule has 1 N–H and O–H groups in total. The van der Waals surface area contributed by atoms with Crippen LogP contribution in [-0.2, 0) is 13.0 Å². The first-order chi connectivity index (χ1) is 9.79. The van der Waals surface area contributed by atoms with Crippen molar-refractivity contribution in [1.82, 2.24) is 10.3 Å². The SMILES string of the molecule is CNCC1Cc2ccccc2CN1c1ccncc1Br. The molecule has 1 unspecified atom stereocenters. The third kappa shape index (κ3) is 2.58. The Kier molecular flexibility index (Phi) is 4.03. The van der Waals surface area contributed by atoms with Crippen LogP contribution < -0.4 is 10.2 Å². The Hall–Kier alpha value is -1.39. The number of rotatable bonds is 3. The van der Waals surface area contributed by atoms with Gasteiger partial charge in [0.05, 0.1) is 10.2 Å². The molecule has 4 heteroatoms. The van der Waals surface area contributed by atoms with Gasteiger partial charge in [0, 0.05) is 31.5 Å². The predicted molar refractivity (Wildman–Crippen MR) is 86.0 cm³/mol. The van der Waals surface area contributed by atoms with Crippen molar-refractivity contribution in [2.45, 2.75) is 19.0 Å². The van der Waals surface area contributed by atoms with E-state index in [4.69, 9.17) is 0 Å². The lowest BCUT2D eigenvalue weighted by atomic mass is 9.93. The summed E-state index contributed by atoms with van der Waals surface area (Å²) in [5.74, 6) is 0. The molecule has 2 aromatic rings. The number of aromatic nitrogens is 1. The lowest BCUT2D eigenvalue weighted by Gasteiger charge is -2.39. The van der Waals surface area contributed by atoms with Crippen LogP contribution in [0.1, 0.15) is 11.1 Å². The predicted octanol–water partition coefficient (Wildman–Crippen LogP) is 2.99. The molecule has 1 aromatic heterocycles. The molecule has 1 aromatic carbocycles. The maximum Gasteiger partial charge on any atom is 0.0592 e. The molecule has 1 aliphatic rings. The van der Waals surface area contributed by atoms with Crippen LogP contribution in [-0.4, -0.2) is 24.6 Å². The van der Waals surface area contributed by atoms with Crippen LogP contribution in [0.4, 0.5) is 5.69 Å². The van der Waals surface area contributed by atoms with Crippen molar-refractivity contribution in [3.8, 4) is 0 Å². The molecular formula is C16H18BrN3. The maximum atomic E-state index is 4.17. The summed E-state index contributed by atoms with van der Waals surface area (Å²) in [4.78, 5) is 6.63. The lowest BCUT2D eigenvalue weighted by Crippen LogP contribution is -2.46. The van der Waals surface area contributed by atoms with E-state index in [0.29, 0.717) is 6.04 Å². The Morgan fingerprint density at radius 3 is 2.85 bits per heavy atom. The summed E-state index contributed by atoms with van der Waals surface area (Å²) >= 11 is 3.63. The average molecular weight is 332 g/mol. The van der Waals surface area contributed by atoms with Gasteiger partial charge in [-0.25, -0.2) is 0 Å². The van der Waals surface area contributed by atoms with Crippen molar-refractivity contribution >= 4 is 21.6 Å². The lowest BCUT2D eigenvalue weighted by molar-refractivity contribution is 0.527. The van der Waals surface area contributed by atoms with Gasteiger partial charge in [-0.05, 0) is 46.6 Å². The van der Waals surface area contributed by atoms with Gasteiger partial charge in [-0.2, -0.15) is 0 Å². The van der Waals surface area contributed by atoms with Gasteiger partial charge in [-0.1, -0.05) is 24.3 Å². The molecule has 0 saturated heterocycles. The monoisotopic (exact) mass is 331 g/mol. The largest absolute Gasteiger partial charge is 0.362 e. The summed E-state index contributed by atoms with van der Waals surface area (Å²) in [5.41, 5.74) is 4.10. The highest BCUT2D eigenvalue weighted by Gasteiger charge is 2.26. The van der Waals surface area contributed by atoms with Crippen LogP contribution in [0.5, 0.6) is 0 Å². The first-order valence-electron chi connectivity index (χ1n) is 6.87. The van der Waals surface area contributed by atoms with Crippen molar-refractivity contribution in [3.63, 3.8) is 0 Å². The highest BCUT2D eigenvalue weighted by atomic mass is 79.9. The number of hydrogen-bond acceptors (Lipinski definition) is 3. The van der Waals surface area contributed by atoms with Gasteiger partial charge in [0.1, 0.15) is 0 Å². The maximum absolute atomic E-state index is 4.17. The molecule has 0 amide bonds. The zero-order chi connectivity index (χ0) is 13.9. The second-order valence-electron chi connectivity index (χ2n) is 5.14. The van der Waals surface area contributed by atoms with Crippen molar-refractivity contribution < 1.29 is 0 Å². The number of halogens is 1. The molecule has 3 nitrogen and oxygen atoms in total. The minimum Gasteiger partial charge on any atom is -0.362 e. The van der Waals surface area contributed by atoms with Crippen molar-refractivity contribution in [2.75, 3.05) is 18.5 Å². The van der Waals surface area contributed by atoms with E-state index in [1.807, 2.05) is 19.4 Å². The van der Waals surface area contributed by atoms with Crippen LogP contribution in [0.25, 0.3) is 0 Å². The fraction of sp³-hybridized carbons (Fsp3) is 0.312. The molecule has 1 aliphatic heterocycles. The normalized spacial score (nSPS) is 17.9. The average Bonchev–Trinajstić information content (AvgIpc) is 2.48. The van der Waals surface area contributed by atoms with E-state index in [9.17, 15) is 0 Å². The summed E-state index contributed by atoms with van der Waals surface area (Å²) in [5, 5.41) is 3.31. The Bertz CT molecular complexity index is 600. The van der Waals surface area contributed by atoms with Crippen molar-refractivity contribution in [3.05, 3.63) is 58.3 Å². The molecule has 20 heavy (non-hydrogen) atoms. The Morgan fingerprint density at radius 2 is 2.10 bits per heavy atom. The van der Waals surface area contributed by atoms with Crippen molar-refractivity contribution in [2.24, 2.45) is 0 Å². The first-order valence-corrected chi connectivity index (χ1v) is 7.66. The number of anilines is 1. The molecule has 1 atom stereocenters. The quantitative estimate of drug-likeness (QED) is 0.937. The van der Waals surface area contributed by atoms with E-state index in [1.165, 1.54) is 16.8 Å². The second-order valence-corrected chi connectivity index (χ2v) is 5.99. The zero-order valence-electron chi connectivity index (χ0n) is 11.5. The van der Waals surface area contributed by atoms with Gasteiger partial charge < -0.3 is 10.2 Å². The van der Waals surface area contributed by atoms with Gasteiger partial charge in [0.15, 0.2) is 0 Å². The highest BCUT2D eigenvalue weighted by Crippen LogP contribution is 2.32. The number of hydrogen-bond donors (Lipinski definition) is 1. The number of benzene rings is 1. The first kappa shape index (κ1) is 13.6. The highest BCUT2D eigenvalue weighted by molar-refractivity contribution is 9.10. The summed E-state index contributed by atoms with van der Waals surface area (Å²) < 4.78 is 1.06. The molecule has 0 spiro atoms. The van der Waals surface area contributed by atoms with E-state index in [0.717, 1.165) is 24.0 Å². The number of nitrogens with one attached hydrogen (secondary N) is 1. The molecular weight excluding hydrogens is 314 g/mol. The van der Waals surface area contributed by atoms with Crippen LogP contribution in [0, 0.1) is 0 Å². The van der Waals surface area contributed by atoms with E-state index in [2.05, 4.69) is 61.5 Å². The third-order valence-corrected chi connectivity index (χ3v) is 4.47. The zero-order valence-corrected chi connectivity index (χ0v) is 13.1. The van der Waals surface area contributed by atoms with Crippen LogP contribution in [0.3, 0.4) is 0 Å². The third-order valence-electron chi connectivity index (χ3n) is 3.86. The number of pyridine rings is 1. The number of likely N-dealkylation sites (N-methyl/N-ethyl adjacent to an activating group) is 1. The topological polar surface area (TPSA) is 28.2 Å². The Labute approximate surface area is 128 Å². The second kappa shape index (κ2) is 5.94. The number of nitrogens with zero attached hydrogens (tertiary/aromatic N) is 2. The molecule has 2 heterocycles. The minimum absolute atomic E-state index is 0.466. The van der Waals surface area contributed by atoms with E-state index < -0.39 is 0 Å². The minimum atomic E-state index is 0.466. The van der Waals surface area contributed by atoms with Crippen LogP contribution in [0.2, 0.25) is 0 Å². The molecule has 0 saturated carbocycles. The summed E-state index contributed by atoms with van der Waals surface area (Å²) in [6.45, 7) is 1.92. The van der Waals surface area contributed by atoms with Gasteiger partial charge in [-0.3, -0.25) is 4.98 Å². The molecule has 0 bridgehead atoms. The van der Waals surface area contributed by atoms with Crippen LogP contribution in [0.15, 0.2) is 47.2 Å². The van der Waals surface area contributed by atoms with E-state index in [-0.39, 0.29) is 0 Å². The molecule has 104 valence electrons. The van der Waals surface area contributed by atoms with Gasteiger partial charge in [0.25, 0.3) is 0 Å². The van der Waals surface area contributed by atoms with Gasteiger partial charge in [-0.15, -0.1) is 0 Å². The summed E-state index contributed by atoms with van der Waals surface area (Å²) in [6.07, 6.45) is 4.80. The Morgan fingerprint density at radius 1 is 1.30 bits per heavy atom. The summed E-state index contributed by atoms with van der Waals surface area (Å²) in [6, 6.07) is 11.3. The van der Waals surface area contributed by atoms with Gasteiger partial charge >= 0.3 is 0 Å². The molecule has 3 rings (SSSR count). The Balaban J connectivity index is 1.98. The molecule has 0 radical (unpaired) electrons. The fourth-order valence-corrected chi connectivity index (χ4v) is 3.37. The fourth-order valence-electron chi connectivity index (χ4n) is 2.89. The number of fused-ring (bicyclic) bond motifs is 1. The van der Waals surface area contributed by atoms with E-state index >= 15 is 0 Å². The smallest absolute Gasteiger partial charge is 0.0592 e.